The molecule has 0 aliphatic carbocycles. The van der Waals surface area contributed by atoms with E-state index in [1.165, 1.54) is 17.4 Å². The van der Waals surface area contributed by atoms with Crippen LogP contribution in [0.25, 0.3) is 6.08 Å². The fourth-order valence-electron chi connectivity index (χ4n) is 2.82. The van der Waals surface area contributed by atoms with Gasteiger partial charge in [0.15, 0.2) is 5.17 Å². The highest BCUT2D eigenvalue weighted by molar-refractivity contribution is 8.18. The molecule has 3 heterocycles. The summed E-state index contributed by atoms with van der Waals surface area (Å²) < 4.78 is 10.7. The highest BCUT2D eigenvalue weighted by Crippen LogP contribution is 2.33. The minimum absolute atomic E-state index is 0.0740. The topological polar surface area (TPSA) is 58.3 Å². The Kier molecular flexibility index (Phi) is 4.81. The van der Waals surface area contributed by atoms with E-state index in [0.717, 1.165) is 32.0 Å². The van der Waals surface area contributed by atoms with Crippen LogP contribution in [0.5, 0.6) is 0 Å². The maximum Gasteiger partial charge on any atom is 0.266 e. The summed E-state index contributed by atoms with van der Waals surface area (Å²) in [5.74, 6) is 0.584. The third kappa shape index (κ3) is 3.54. The van der Waals surface area contributed by atoms with Crippen LogP contribution < -0.4 is 4.90 Å². The first-order valence-corrected chi connectivity index (χ1v) is 9.25. The van der Waals surface area contributed by atoms with Crippen LogP contribution in [0.2, 0.25) is 0 Å². The molecule has 0 spiro atoms. The van der Waals surface area contributed by atoms with Crippen LogP contribution in [0, 0.1) is 0 Å². The highest BCUT2D eigenvalue weighted by atomic mass is 32.2. The lowest BCUT2D eigenvalue weighted by Crippen LogP contribution is -2.36. The van der Waals surface area contributed by atoms with Gasteiger partial charge in [0.1, 0.15) is 5.76 Å². The first kappa shape index (κ1) is 16.9. The molecule has 26 heavy (non-hydrogen) atoms. The van der Waals surface area contributed by atoms with E-state index in [0.29, 0.717) is 15.8 Å². The minimum atomic E-state index is -0.0740. The average Bonchev–Trinajstić information content (AvgIpc) is 3.28. The lowest BCUT2D eigenvalue weighted by molar-refractivity contribution is -0.121. The Balaban J connectivity index is 1.51. The number of amides is 1. The summed E-state index contributed by atoms with van der Waals surface area (Å²) in [6.45, 7) is 3.33. The normalized spacial score (nSPS) is 21.2. The number of morpholine rings is 1. The number of ether oxygens (including phenoxy) is 1. The van der Waals surface area contributed by atoms with Gasteiger partial charge in [-0.2, -0.15) is 0 Å². The van der Waals surface area contributed by atoms with Crippen LogP contribution in [0.1, 0.15) is 5.76 Å². The lowest BCUT2D eigenvalue weighted by atomic mass is 10.2. The maximum absolute atomic E-state index is 12.4. The highest BCUT2D eigenvalue weighted by Gasteiger charge is 2.30. The molecule has 2 saturated heterocycles. The second kappa shape index (κ2) is 7.39. The Hall–Kier alpha value is -2.51. The Morgan fingerprint density at radius 1 is 1.15 bits per heavy atom. The van der Waals surface area contributed by atoms with Crippen molar-refractivity contribution in [1.82, 2.24) is 4.90 Å². The van der Waals surface area contributed by atoms with E-state index < -0.39 is 0 Å². The van der Waals surface area contributed by atoms with Gasteiger partial charge in [0.25, 0.3) is 5.91 Å². The lowest BCUT2D eigenvalue weighted by Gasteiger charge is -2.28. The zero-order valence-corrected chi connectivity index (χ0v) is 15.2. The summed E-state index contributed by atoms with van der Waals surface area (Å²) in [4.78, 5) is 21.5. The molecule has 1 amide bonds. The average molecular weight is 369 g/mol. The summed E-state index contributed by atoms with van der Waals surface area (Å²) in [5.41, 5.74) is 1.99. The van der Waals surface area contributed by atoms with E-state index in [2.05, 4.69) is 22.0 Å². The van der Waals surface area contributed by atoms with Crippen molar-refractivity contribution >= 4 is 40.3 Å². The molecule has 1 aromatic carbocycles. The zero-order chi connectivity index (χ0) is 17.9. The number of nitrogens with zero attached hydrogens (tertiary/aromatic N) is 3. The Labute approximate surface area is 156 Å². The summed E-state index contributed by atoms with van der Waals surface area (Å²) in [5, 5.41) is 0.659. The van der Waals surface area contributed by atoms with Crippen LogP contribution in [-0.2, 0) is 9.53 Å². The first-order chi connectivity index (χ1) is 12.7. The largest absolute Gasteiger partial charge is 0.465 e. The fraction of sp³-hybridized carbons (Fsp3) is 0.263. The van der Waals surface area contributed by atoms with Gasteiger partial charge in [-0.15, -0.1) is 0 Å². The van der Waals surface area contributed by atoms with Gasteiger partial charge in [-0.05, 0) is 48.2 Å². The van der Waals surface area contributed by atoms with E-state index in [1.54, 1.807) is 30.4 Å². The third-order valence-corrected chi connectivity index (χ3v) is 5.33. The van der Waals surface area contributed by atoms with Crippen molar-refractivity contribution in [2.75, 3.05) is 38.3 Å². The third-order valence-electron chi connectivity index (χ3n) is 4.27. The molecule has 2 aliphatic rings. The minimum Gasteiger partial charge on any atom is -0.465 e. The quantitative estimate of drug-likeness (QED) is 0.777. The number of aliphatic imine (C=N–C) groups is 1. The molecule has 7 heteroatoms. The van der Waals surface area contributed by atoms with E-state index in [-0.39, 0.29) is 5.91 Å². The smallest absolute Gasteiger partial charge is 0.266 e. The molecule has 6 nitrogen and oxygen atoms in total. The predicted octanol–water partition coefficient (Wildman–Crippen LogP) is 3.35. The number of anilines is 1. The van der Waals surface area contributed by atoms with Crippen molar-refractivity contribution in [1.29, 1.82) is 0 Å². The summed E-state index contributed by atoms with van der Waals surface area (Å²) in [7, 11) is 1.74. The Bertz CT molecular complexity index is 837. The Morgan fingerprint density at radius 3 is 2.62 bits per heavy atom. The molecule has 0 N–H and O–H groups in total. The van der Waals surface area contributed by atoms with E-state index in [9.17, 15) is 4.79 Å². The molecule has 0 unspecified atom stereocenters. The number of carbonyl (C=O) groups excluding carboxylic acids is 1. The van der Waals surface area contributed by atoms with Gasteiger partial charge in [-0.25, -0.2) is 4.99 Å². The molecule has 2 aliphatic heterocycles. The van der Waals surface area contributed by atoms with Crippen molar-refractivity contribution in [3.63, 3.8) is 0 Å². The molecule has 0 saturated carbocycles. The number of hydrogen-bond acceptors (Lipinski definition) is 6. The number of rotatable bonds is 3. The van der Waals surface area contributed by atoms with Crippen molar-refractivity contribution in [3.8, 4) is 0 Å². The van der Waals surface area contributed by atoms with Crippen molar-refractivity contribution in [3.05, 3.63) is 53.3 Å². The molecule has 0 bridgehead atoms. The summed E-state index contributed by atoms with van der Waals surface area (Å²) in [6, 6.07) is 11.7. The molecular weight excluding hydrogens is 350 g/mol. The van der Waals surface area contributed by atoms with Gasteiger partial charge in [0.2, 0.25) is 0 Å². The monoisotopic (exact) mass is 369 g/mol. The number of furan rings is 1. The molecule has 0 atom stereocenters. The number of carbonyl (C=O) groups is 1. The predicted molar refractivity (Wildman–Crippen MR) is 104 cm³/mol. The van der Waals surface area contributed by atoms with Crippen molar-refractivity contribution in [2.24, 2.45) is 4.99 Å². The molecule has 134 valence electrons. The van der Waals surface area contributed by atoms with Gasteiger partial charge >= 0.3 is 0 Å². The number of thioether (sulfide) groups is 1. The summed E-state index contributed by atoms with van der Waals surface area (Å²) >= 11 is 1.35. The van der Waals surface area contributed by atoms with E-state index in [1.807, 2.05) is 18.2 Å². The van der Waals surface area contributed by atoms with Crippen molar-refractivity contribution < 1.29 is 13.9 Å². The van der Waals surface area contributed by atoms with E-state index in [4.69, 9.17) is 9.15 Å². The van der Waals surface area contributed by atoms with E-state index >= 15 is 0 Å². The second-order valence-electron chi connectivity index (χ2n) is 6.00. The molecule has 2 aromatic rings. The van der Waals surface area contributed by atoms with Gasteiger partial charge in [-0.1, -0.05) is 0 Å². The maximum atomic E-state index is 12.4. The zero-order valence-electron chi connectivity index (χ0n) is 14.4. The standard InChI is InChI=1S/C19H19N3O3S/c1-21-18(23)17(13-16-3-2-10-25-16)26-19(21)20-14-4-6-15(7-5-14)22-8-11-24-12-9-22/h2-7,10,13H,8-9,11-12H2,1H3/b17-13-,20-19?. The van der Waals surface area contributed by atoms with Crippen LogP contribution in [0.3, 0.4) is 0 Å². The van der Waals surface area contributed by atoms with Crippen LogP contribution >= 0.6 is 11.8 Å². The molecule has 1 aromatic heterocycles. The fourth-order valence-corrected chi connectivity index (χ4v) is 3.79. The SMILES string of the molecule is CN1C(=O)/C(=C/c2ccco2)SC1=Nc1ccc(N2CCOCC2)cc1. The van der Waals surface area contributed by atoms with Gasteiger partial charge in [0.05, 0.1) is 30.1 Å². The van der Waals surface area contributed by atoms with Crippen LogP contribution in [0.15, 0.2) is 57.0 Å². The number of benzene rings is 1. The van der Waals surface area contributed by atoms with Crippen LogP contribution in [0.4, 0.5) is 11.4 Å². The number of amidine groups is 1. The molecular formula is C19H19N3O3S. The molecule has 0 radical (unpaired) electrons. The summed E-state index contributed by atoms with van der Waals surface area (Å²) in [6.07, 6.45) is 3.33. The van der Waals surface area contributed by atoms with Gasteiger partial charge < -0.3 is 14.1 Å². The van der Waals surface area contributed by atoms with Gasteiger partial charge in [0, 0.05) is 31.9 Å². The second-order valence-corrected chi connectivity index (χ2v) is 7.01. The molecule has 2 fully saturated rings. The van der Waals surface area contributed by atoms with Crippen LogP contribution in [-0.4, -0.2) is 49.3 Å². The number of likely N-dealkylation sites (N-methyl/N-ethyl adjacent to an activating group) is 1. The molecule has 4 rings (SSSR count). The number of hydrogen-bond donors (Lipinski definition) is 0. The van der Waals surface area contributed by atoms with Crippen molar-refractivity contribution in [2.45, 2.75) is 0 Å². The van der Waals surface area contributed by atoms with Gasteiger partial charge in [-0.3, -0.25) is 9.69 Å². The Morgan fingerprint density at radius 2 is 1.92 bits per heavy atom. The first-order valence-electron chi connectivity index (χ1n) is 8.43.